The summed E-state index contributed by atoms with van der Waals surface area (Å²) in [5, 5.41) is 3.48. The van der Waals surface area contributed by atoms with Gasteiger partial charge in [-0.15, -0.1) is 0 Å². The largest absolute Gasteiger partial charge is 0.315 e. The van der Waals surface area contributed by atoms with Gasteiger partial charge in [-0.05, 0) is 46.8 Å². The predicted octanol–water partition coefficient (Wildman–Crippen LogP) is 1.79. The van der Waals surface area contributed by atoms with Crippen LogP contribution in [0, 0.1) is 0 Å². The van der Waals surface area contributed by atoms with Gasteiger partial charge in [0, 0.05) is 31.7 Å². The van der Waals surface area contributed by atoms with Crippen molar-refractivity contribution in [2.75, 3.05) is 39.8 Å². The molecule has 0 saturated carbocycles. The number of hydrogen-bond acceptors (Lipinski definition) is 3. The van der Waals surface area contributed by atoms with Crippen LogP contribution in [-0.4, -0.2) is 61.7 Å². The molecule has 0 aliphatic carbocycles. The molecule has 0 bridgehead atoms. The van der Waals surface area contributed by atoms with Gasteiger partial charge in [-0.1, -0.05) is 13.3 Å². The lowest BCUT2D eigenvalue weighted by Crippen LogP contribution is -2.50. The van der Waals surface area contributed by atoms with Gasteiger partial charge in [0.2, 0.25) is 0 Å². The predicted molar refractivity (Wildman–Crippen MR) is 75.5 cm³/mol. The molecule has 0 radical (unpaired) electrons. The first-order valence-corrected chi connectivity index (χ1v) is 7.29. The fraction of sp³-hybridized carbons (Fsp3) is 1.00. The van der Waals surface area contributed by atoms with Crippen molar-refractivity contribution in [3.63, 3.8) is 0 Å². The zero-order valence-electron chi connectivity index (χ0n) is 12.2. The molecule has 1 heterocycles. The molecule has 1 N–H and O–H groups in total. The normalized spacial score (nSPS) is 25.1. The van der Waals surface area contributed by atoms with Crippen LogP contribution in [0.5, 0.6) is 0 Å². The van der Waals surface area contributed by atoms with E-state index >= 15 is 0 Å². The Labute approximate surface area is 108 Å². The van der Waals surface area contributed by atoms with Crippen molar-refractivity contribution in [3.8, 4) is 0 Å². The van der Waals surface area contributed by atoms with Crippen molar-refractivity contribution in [3.05, 3.63) is 0 Å². The van der Waals surface area contributed by atoms with Crippen molar-refractivity contribution in [1.29, 1.82) is 0 Å². The van der Waals surface area contributed by atoms with E-state index in [4.69, 9.17) is 0 Å². The van der Waals surface area contributed by atoms with Gasteiger partial charge in [0.25, 0.3) is 0 Å². The smallest absolute Gasteiger partial charge is 0.0192 e. The molecule has 3 heteroatoms. The first-order valence-electron chi connectivity index (χ1n) is 7.29. The van der Waals surface area contributed by atoms with E-state index in [9.17, 15) is 0 Å². The highest BCUT2D eigenvalue weighted by Gasteiger charge is 2.19. The average Bonchev–Trinajstić information content (AvgIpc) is 2.29. The lowest BCUT2D eigenvalue weighted by molar-refractivity contribution is 0.104. The zero-order valence-corrected chi connectivity index (χ0v) is 12.2. The van der Waals surface area contributed by atoms with Crippen molar-refractivity contribution < 1.29 is 0 Å². The Hall–Kier alpha value is -0.120. The van der Waals surface area contributed by atoms with E-state index in [2.05, 4.69) is 42.9 Å². The van der Waals surface area contributed by atoms with Gasteiger partial charge in [-0.3, -0.25) is 0 Å². The maximum Gasteiger partial charge on any atom is 0.0192 e. The second kappa shape index (κ2) is 8.06. The first kappa shape index (κ1) is 14.9. The van der Waals surface area contributed by atoms with Crippen LogP contribution in [0.4, 0.5) is 0 Å². The average molecular weight is 241 g/mol. The molecule has 0 aromatic carbocycles. The van der Waals surface area contributed by atoms with E-state index in [-0.39, 0.29) is 0 Å². The van der Waals surface area contributed by atoms with Crippen molar-refractivity contribution >= 4 is 0 Å². The molecule has 102 valence electrons. The number of unbranched alkanes of at least 4 members (excludes halogenated alkanes) is 1. The first-order chi connectivity index (χ1) is 8.13. The molecule has 17 heavy (non-hydrogen) atoms. The summed E-state index contributed by atoms with van der Waals surface area (Å²) < 4.78 is 0. The third-order valence-corrected chi connectivity index (χ3v) is 3.96. The summed E-state index contributed by atoms with van der Waals surface area (Å²) in [5.74, 6) is 0. The van der Waals surface area contributed by atoms with Crippen molar-refractivity contribution in [1.82, 2.24) is 15.1 Å². The highest BCUT2D eigenvalue weighted by Crippen LogP contribution is 2.09. The summed E-state index contributed by atoms with van der Waals surface area (Å²) in [4.78, 5) is 5.09. The second-order valence-electron chi connectivity index (χ2n) is 5.58. The van der Waals surface area contributed by atoms with E-state index in [1.54, 1.807) is 0 Å². The number of likely N-dealkylation sites (N-methyl/N-ethyl adjacent to an activating group) is 1. The molecule has 0 aromatic heterocycles. The summed E-state index contributed by atoms with van der Waals surface area (Å²) in [7, 11) is 2.24. The fourth-order valence-corrected chi connectivity index (χ4v) is 2.56. The Morgan fingerprint density at radius 2 is 2.06 bits per heavy atom. The topological polar surface area (TPSA) is 18.5 Å². The van der Waals surface area contributed by atoms with Crippen LogP contribution in [0.3, 0.4) is 0 Å². The molecule has 2 atom stereocenters. The fourth-order valence-electron chi connectivity index (χ4n) is 2.56. The van der Waals surface area contributed by atoms with Crippen LogP contribution < -0.4 is 5.32 Å². The molecule has 1 saturated heterocycles. The van der Waals surface area contributed by atoms with Crippen LogP contribution in [0.2, 0.25) is 0 Å². The van der Waals surface area contributed by atoms with Gasteiger partial charge in [0.05, 0.1) is 0 Å². The minimum atomic E-state index is 0.686. The molecule has 1 aliphatic heterocycles. The summed E-state index contributed by atoms with van der Waals surface area (Å²) in [6.07, 6.45) is 4.03. The molecule has 0 amide bonds. The third-order valence-electron chi connectivity index (χ3n) is 3.96. The third kappa shape index (κ3) is 5.84. The van der Waals surface area contributed by atoms with Crippen LogP contribution in [-0.2, 0) is 0 Å². The SMILES string of the molecule is CCNC(C)CCCCN1CCN(C)C(C)C1. The van der Waals surface area contributed by atoms with Gasteiger partial charge in [-0.25, -0.2) is 0 Å². The Kier molecular flexibility index (Phi) is 7.09. The maximum atomic E-state index is 3.48. The van der Waals surface area contributed by atoms with Gasteiger partial charge in [-0.2, -0.15) is 0 Å². The van der Waals surface area contributed by atoms with Gasteiger partial charge >= 0.3 is 0 Å². The lowest BCUT2D eigenvalue weighted by Gasteiger charge is -2.37. The Morgan fingerprint density at radius 3 is 2.71 bits per heavy atom. The Morgan fingerprint density at radius 1 is 1.29 bits per heavy atom. The van der Waals surface area contributed by atoms with Crippen LogP contribution in [0.1, 0.15) is 40.0 Å². The van der Waals surface area contributed by atoms with Crippen molar-refractivity contribution in [2.45, 2.75) is 52.1 Å². The minimum Gasteiger partial charge on any atom is -0.315 e. The number of piperazine rings is 1. The van der Waals surface area contributed by atoms with E-state index in [1.807, 2.05) is 0 Å². The number of hydrogen-bond donors (Lipinski definition) is 1. The van der Waals surface area contributed by atoms with E-state index < -0.39 is 0 Å². The number of nitrogens with zero attached hydrogens (tertiary/aromatic N) is 2. The highest BCUT2D eigenvalue weighted by atomic mass is 15.3. The van der Waals surface area contributed by atoms with Gasteiger partial charge in [0.1, 0.15) is 0 Å². The maximum absolute atomic E-state index is 3.48. The van der Waals surface area contributed by atoms with E-state index in [0.717, 1.165) is 12.6 Å². The van der Waals surface area contributed by atoms with Crippen LogP contribution >= 0.6 is 0 Å². The molecule has 2 unspecified atom stereocenters. The van der Waals surface area contributed by atoms with Crippen LogP contribution in [0.15, 0.2) is 0 Å². The van der Waals surface area contributed by atoms with E-state index in [1.165, 1.54) is 45.4 Å². The highest BCUT2D eigenvalue weighted by molar-refractivity contribution is 4.76. The molecule has 1 fully saturated rings. The molecule has 1 rings (SSSR count). The number of nitrogens with one attached hydrogen (secondary N) is 1. The number of rotatable bonds is 7. The van der Waals surface area contributed by atoms with Crippen molar-refractivity contribution in [2.24, 2.45) is 0 Å². The zero-order chi connectivity index (χ0) is 12.7. The Balaban J connectivity index is 2.03. The summed E-state index contributed by atoms with van der Waals surface area (Å²) in [5.41, 5.74) is 0. The summed E-state index contributed by atoms with van der Waals surface area (Å²) in [6.45, 7) is 12.9. The molecular formula is C14H31N3. The quantitative estimate of drug-likeness (QED) is 0.686. The molecular weight excluding hydrogens is 210 g/mol. The Bertz CT molecular complexity index is 196. The van der Waals surface area contributed by atoms with E-state index in [0.29, 0.717) is 6.04 Å². The summed E-state index contributed by atoms with van der Waals surface area (Å²) in [6, 6.07) is 1.41. The van der Waals surface area contributed by atoms with Gasteiger partial charge in [0.15, 0.2) is 0 Å². The molecule has 3 nitrogen and oxygen atoms in total. The molecule has 0 spiro atoms. The lowest BCUT2D eigenvalue weighted by atomic mass is 10.1. The van der Waals surface area contributed by atoms with Gasteiger partial charge < -0.3 is 15.1 Å². The van der Waals surface area contributed by atoms with Crippen LogP contribution in [0.25, 0.3) is 0 Å². The summed E-state index contributed by atoms with van der Waals surface area (Å²) >= 11 is 0. The molecule has 0 aromatic rings. The second-order valence-corrected chi connectivity index (χ2v) is 5.58. The minimum absolute atomic E-state index is 0.686. The standard InChI is InChI=1S/C14H31N3/c1-5-15-13(2)8-6-7-9-17-11-10-16(4)14(3)12-17/h13-15H,5-12H2,1-4H3. The monoisotopic (exact) mass is 241 g/mol. The molecule has 1 aliphatic rings.